The molecule has 268 valence electrons. The fourth-order valence-corrected chi connectivity index (χ4v) is 8.71. The largest absolute Gasteiger partial charge is 0.465 e. The minimum atomic E-state index is -6.59. The first-order chi connectivity index (χ1) is 21.5. The van der Waals surface area contributed by atoms with E-state index in [-0.39, 0.29) is 71.6 Å². The van der Waals surface area contributed by atoms with Gasteiger partial charge in [0.25, 0.3) is 6.10 Å². The molecule has 0 aromatic carbocycles. The van der Waals surface area contributed by atoms with E-state index in [9.17, 15) is 54.3 Å². The lowest BCUT2D eigenvalue weighted by Gasteiger charge is -2.53. The van der Waals surface area contributed by atoms with Gasteiger partial charge in [0.1, 0.15) is 24.0 Å². The zero-order valence-electron chi connectivity index (χ0n) is 26.9. The molecule has 16 heteroatoms. The third kappa shape index (κ3) is 8.05. The molecule has 47 heavy (non-hydrogen) atoms. The van der Waals surface area contributed by atoms with Crippen molar-refractivity contribution in [1.82, 2.24) is 0 Å². The maximum absolute atomic E-state index is 13.9. The molecule has 0 spiro atoms. The Morgan fingerprint density at radius 2 is 1.57 bits per heavy atom. The van der Waals surface area contributed by atoms with Crippen LogP contribution in [0.15, 0.2) is 0 Å². The average Bonchev–Trinajstić information content (AvgIpc) is 3.33. The first-order valence-corrected chi connectivity index (χ1v) is 17.3. The number of hydrogen-bond donors (Lipinski definition) is 1. The zero-order valence-corrected chi connectivity index (χ0v) is 27.7. The van der Waals surface area contributed by atoms with Crippen LogP contribution in [0, 0.1) is 40.4 Å². The van der Waals surface area contributed by atoms with Crippen molar-refractivity contribution < 1.29 is 68.4 Å². The van der Waals surface area contributed by atoms with Gasteiger partial charge in [-0.1, -0.05) is 27.7 Å². The van der Waals surface area contributed by atoms with Crippen LogP contribution >= 0.6 is 0 Å². The molecular weight excluding hydrogens is 659 g/mol. The highest BCUT2D eigenvalue weighted by molar-refractivity contribution is 7.86. The normalized spacial score (nSPS) is 29.5. The third-order valence-corrected chi connectivity index (χ3v) is 11.9. The predicted molar refractivity (Wildman–Crippen MR) is 154 cm³/mol. The molecule has 3 unspecified atom stereocenters. The van der Waals surface area contributed by atoms with E-state index in [0.717, 1.165) is 0 Å². The second kappa shape index (κ2) is 14.2. The van der Waals surface area contributed by atoms with Crippen molar-refractivity contribution in [3.05, 3.63) is 0 Å². The predicted octanol–water partition coefficient (Wildman–Crippen LogP) is 5.66. The second-order valence-corrected chi connectivity index (χ2v) is 15.3. The van der Waals surface area contributed by atoms with Crippen molar-refractivity contribution >= 4 is 39.4 Å². The van der Waals surface area contributed by atoms with Gasteiger partial charge in [0.2, 0.25) is 0 Å². The van der Waals surface area contributed by atoms with Crippen molar-refractivity contribution in [1.29, 1.82) is 0 Å². The highest BCUT2D eigenvalue weighted by Crippen LogP contribution is 2.63. The molecule has 3 rings (SSSR count). The molecule has 3 saturated carbocycles. The summed E-state index contributed by atoms with van der Waals surface area (Å²) in [6, 6.07) is 0. The number of halogens is 5. The number of fused-ring (bicyclic) bond motifs is 1. The van der Waals surface area contributed by atoms with Gasteiger partial charge in [-0.2, -0.15) is 30.4 Å². The Balaban J connectivity index is 1.60. The Hall–Kier alpha value is -2.49. The smallest absolute Gasteiger partial charge is 0.432 e. The van der Waals surface area contributed by atoms with Gasteiger partial charge >= 0.3 is 33.5 Å². The summed E-state index contributed by atoms with van der Waals surface area (Å²) in [5.74, 6) is -3.43. The highest BCUT2D eigenvalue weighted by Gasteiger charge is 2.66. The minimum Gasteiger partial charge on any atom is -0.465 e. The highest BCUT2D eigenvalue weighted by atomic mass is 32.2. The number of ketones is 3. The molecular formula is C31H43F5O10S. The summed E-state index contributed by atoms with van der Waals surface area (Å²) in [5.41, 5.74) is -1.11. The molecule has 1 N–H and O–H groups in total. The van der Waals surface area contributed by atoms with Crippen molar-refractivity contribution in [2.45, 2.75) is 116 Å². The number of hydrogen-bond acceptors (Lipinski definition) is 9. The number of rotatable bonds is 13. The number of carbonyl (C=O) groups excluding carboxylic acids is 5. The maximum Gasteiger partial charge on any atom is 0.432 e. The van der Waals surface area contributed by atoms with Gasteiger partial charge < -0.3 is 9.47 Å². The van der Waals surface area contributed by atoms with Gasteiger partial charge in [0.15, 0.2) is 0 Å². The molecule has 3 aliphatic rings. The van der Waals surface area contributed by atoms with Gasteiger partial charge in [0.05, 0.1) is 6.42 Å². The summed E-state index contributed by atoms with van der Waals surface area (Å²) in [6.07, 6.45) is -7.56. The van der Waals surface area contributed by atoms with Crippen LogP contribution in [-0.2, 0) is 43.6 Å². The van der Waals surface area contributed by atoms with E-state index in [1.54, 1.807) is 0 Å². The topological polar surface area (TPSA) is 158 Å². The molecule has 0 radical (unpaired) electrons. The first-order valence-electron chi connectivity index (χ1n) is 15.8. The maximum atomic E-state index is 13.9. The van der Waals surface area contributed by atoms with E-state index in [1.807, 2.05) is 20.8 Å². The van der Waals surface area contributed by atoms with E-state index < -0.39 is 58.0 Å². The third-order valence-electron chi connectivity index (χ3n) is 11.0. The van der Waals surface area contributed by atoms with Crippen LogP contribution in [0.5, 0.6) is 0 Å². The standard InChI is InChI=1S/C31H43F5O10S/c1-5-22(38)26-20-8-7-19(29(20,4)23(39)16-21(26)28(3)13-10-18(37)11-14-28)17(2)6-9-24(40)45-15-12-25(41)46-27(30(32,33)34)31(35,36)47(42,43)44/h17,19-21,26-27H,5-16H2,1-4H3,(H,42,43,44)/t17-,19?,20+,21+,26?,27?,29-/m1/s1. The first kappa shape index (κ1) is 39.0. The van der Waals surface area contributed by atoms with Crippen LogP contribution in [-0.4, -0.2) is 66.4 Å². The summed E-state index contributed by atoms with van der Waals surface area (Å²) >= 11 is 0. The quantitative estimate of drug-likeness (QED) is 0.144. The summed E-state index contributed by atoms with van der Waals surface area (Å²) in [7, 11) is -6.59. The van der Waals surface area contributed by atoms with Gasteiger partial charge in [0, 0.05) is 43.4 Å². The van der Waals surface area contributed by atoms with E-state index in [4.69, 9.17) is 9.29 Å². The Bertz CT molecular complexity index is 1340. The summed E-state index contributed by atoms with van der Waals surface area (Å²) in [4.78, 5) is 63.5. The Kier molecular flexibility index (Phi) is 11.7. The molecule has 10 nitrogen and oxygen atoms in total. The van der Waals surface area contributed by atoms with Crippen molar-refractivity contribution in [3.8, 4) is 0 Å². The van der Waals surface area contributed by atoms with Crippen LogP contribution in [0.3, 0.4) is 0 Å². The number of ether oxygens (including phenoxy) is 2. The summed E-state index contributed by atoms with van der Waals surface area (Å²) < 4.78 is 104. The summed E-state index contributed by atoms with van der Waals surface area (Å²) in [5, 5.41) is -5.87. The minimum absolute atomic E-state index is 0.0675. The van der Waals surface area contributed by atoms with Crippen LogP contribution in [0.4, 0.5) is 22.0 Å². The van der Waals surface area contributed by atoms with E-state index in [0.29, 0.717) is 44.9 Å². The number of Topliss-reactive ketones (excluding diaryl/α,β-unsaturated/α-hetero) is 3. The van der Waals surface area contributed by atoms with Gasteiger partial charge in [-0.05, 0) is 61.2 Å². The molecule has 0 aromatic heterocycles. The van der Waals surface area contributed by atoms with Crippen LogP contribution in [0.2, 0.25) is 0 Å². The molecule has 0 amide bonds. The number of esters is 2. The lowest BCUT2D eigenvalue weighted by Crippen LogP contribution is -2.55. The SMILES string of the molecule is CCC(=O)C1[C@@H](C2(C)CCC(=O)CC2)CC(=O)[C@]2(C)C([C@H](C)CCC(=O)OCCC(=O)OC(C(F)(F)F)C(F)(F)S(=O)(=O)O)CC[C@@H]12. The van der Waals surface area contributed by atoms with E-state index in [1.165, 1.54) is 0 Å². The van der Waals surface area contributed by atoms with Gasteiger partial charge in [-0.25, -0.2) is 0 Å². The van der Waals surface area contributed by atoms with Crippen LogP contribution in [0.25, 0.3) is 0 Å². The molecule has 0 saturated heterocycles. The van der Waals surface area contributed by atoms with Crippen molar-refractivity contribution in [3.63, 3.8) is 0 Å². The number of carbonyl (C=O) groups is 5. The molecule has 0 heterocycles. The monoisotopic (exact) mass is 702 g/mol. The Morgan fingerprint density at radius 1 is 0.979 bits per heavy atom. The molecule has 3 aliphatic carbocycles. The fourth-order valence-electron chi connectivity index (χ4n) is 8.26. The zero-order chi connectivity index (χ0) is 35.8. The second-order valence-electron chi connectivity index (χ2n) is 13.8. The van der Waals surface area contributed by atoms with Crippen molar-refractivity contribution in [2.75, 3.05) is 6.61 Å². The Labute approximate surface area is 270 Å². The molecule has 3 fully saturated rings. The fraction of sp³-hybridized carbons (Fsp3) is 0.839. The van der Waals surface area contributed by atoms with E-state index in [2.05, 4.69) is 11.7 Å². The van der Waals surface area contributed by atoms with Crippen LogP contribution < -0.4 is 0 Å². The van der Waals surface area contributed by atoms with Gasteiger partial charge in [-0.15, -0.1) is 0 Å². The Morgan fingerprint density at radius 3 is 2.11 bits per heavy atom. The van der Waals surface area contributed by atoms with Crippen LogP contribution in [0.1, 0.15) is 98.3 Å². The van der Waals surface area contributed by atoms with Gasteiger partial charge in [-0.3, -0.25) is 28.5 Å². The molecule has 0 bridgehead atoms. The molecule has 0 aromatic rings. The lowest BCUT2D eigenvalue weighted by molar-refractivity contribution is -0.259. The molecule has 0 aliphatic heterocycles. The number of alkyl halides is 5. The van der Waals surface area contributed by atoms with Crippen molar-refractivity contribution in [2.24, 2.45) is 40.4 Å². The lowest BCUT2D eigenvalue weighted by atomic mass is 9.49. The molecule has 7 atom stereocenters. The average molecular weight is 703 g/mol. The summed E-state index contributed by atoms with van der Waals surface area (Å²) in [6.45, 7) is 6.82. The van der Waals surface area contributed by atoms with E-state index >= 15 is 0 Å².